The SMILES string of the molecule is NC1C=CC=C[C@]1(CCCO)c1ccccc1. The van der Waals surface area contributed by atoms with Crippen LogP contribution in [0.5, 0.6) is 0 Å². The smallest absolute Gasteiger partial charge is 0.0431 e. The number of hydrogen-bond donors (Lipinski definition) is 2. The molecule has 1 unspecified atom stereocenters. The molecule has 90 valence electrons. The van der Waals surface area contributed by atoms with Gasteiger partial charge in [-0.05, 0) is 18.4 Å². The fraction of sp³-hybridized carbons (Fsp3) is 0.333. The molecule has 1 aliphatic rings. The van der Waals surface area contributed by atoms with Crippen LogP contribution < -0.4 is 5.73 Å². The Kier molecular flexibility index (Phi) is 3.77. The van der Waals surface area contributed by atoms with E-state index in [2.05, 4.69) is 18.2 Å². The molecule has 2 nitrogen and oxygen atoms in total. The molecule has 0 saturated heterocycles. The first kappa shape index (κ1) is 12.1. The lowest BCUT2D eigenvalue weighted by atomic mass is 9.69. The number of hydrogen-bond acceptors (Lipinski definition) is 2. The van der Waals surface area contributed by atoms with Gasteiger partial charge in [-0.25, -0.2) is 0 Å². The summed E-state index contributed by atoms with van der Waals surface area (Å²) in [6.45, 7) is 0.207. The van der Waals surface area contributed by atoms with E-state index in [1.165, 1.54) is 5.56 Å². The van der Waals surface area contributed by atoms with Crippen LogP contribution in [0.25, 0.3) is 0 Å². The summed E-state index contributed by atoms with van der Waals surface area (Å²) in [5.41, 5.74) is 7.32. The summed E-state index contributed by atoms with van der Waals surface area (Å²) in [6, 6.07) is 10.3. The lowest BCUT2D eigenvalue weighted by Gasteiger charge is -2.37. The van der Waals surface area contributed by atoms with E-state index in [1.54, 1.807) is 0 Å². The van der Waals surface area contributed by atoms with Crippen molar-refractivity contribution in [2.24, 2.45) is 5.73 Å². The molecule has 2 atom stereocenters. The largest absolute Gasteiger partial charge is 0.396 e. The van der Waals surface area contributed by atoms with Gasteiger partial charge in [0.2, 0.25) is 0 Å². The zero-order valence-electron chi connectivity index (χ0n) is 9.92. The highest BCUT2D eigenvalue weighted by atomic mass is 16.2. The first-order valence-corrected chi connectivity index (χ1v) is 6.07. The van der Waals surface area contributed by atoms with Gasteiger partial charge in [0.05, 0.1) is 0 Å². The Morgan fingerprint density at radius 1 is 1.18 bits per heavy atom. The Bertz CT molecular complexity index is 410. The Balaban J connectivity index is 2.37. The van der Waals surface area contributed by atoms with Crippen molar-refractivity contribution in [1.29, 1.82) is 0 Å². The van der Waals surface area contributed by atoms with E-state index in [9.17, 15) is 0 Å². The molecule has 0 heterocycles. The Morgan fingerprint density at radius 3 is 2.59 bits per heavy atom. The maximum atomic E-state index is 9.06. The summed E-state index contributed by atoms with van der Waals surface area (Å²) in [6.07, 6.45) is 9.88. The highest BCUT2D eigenvalue weighted by Crippen LogP contribution is 2.36. The molecule has 0 aromatic heterocycles. The van der Waals surface area contributed by atoms with Crippen LogP contribution >= 0.6 is 0 Å². The van der Waals surface area contributed by atoms with Crippen LogP contribution in [0.4, 0.5) is 0 Å². The predicted octanol–water partition coefficient (Wildman–Crippen LogP) is 2.15. The molecule has 0 radical (unpaired) electrons. The molecule has 1 aromatic carbocycles. The van der Waals surface area contributed by atoms with E-state index in [0.717, 1.165) is 12.8 Å². The molecular weight excluding hydrogens is 210 g/mol. The Labute approximate surface area is 102 Å². The molecule has 0 saturated carbocycles. The second kappa shape index (κ2) is 5.30. The summed E-state index contributed by atoms with van der Waals surface area (Å²) in [5, 5.41) is 9.06. The first-order valence-electron chi connectivity index (χ1n) is 6.07. The molecule has 0 amide bonds. The Hall–Kier alpha value is -1.38. The van der Waals surface area contributed by atoms with E-state index in [1.807, 2.05) is 36.4 Å². The van der Waals surface area contributed by atoms with Gasteiger partial charge in [-0.3, -0.25) is 0 Å². The number of allylic oxidation sites excluding steroid dienone is 2. The van der Waals surface area contributed by atoms with Crippen molar-refractivity contribution in [3.63, 3.8) is 0 Å². The van der Waals surface area contributed by atoms with E-state index in [-0.39, 0.29) is 18.1 Å². The second-order valence-corrected chi connectivity index (χ2v) is 4.50. The minimum atomic E-state index is -0.168. The van der Waals surface area contributed by atoms with Gasteiger partial charge in [0.1, 0.15) is 0 Å². The minimum absolute atomic E-state index is 0.0264. The molecule has 0 spiro atoms. The van der Waals surface area contributed by atoms with Gasteiger partial charge >= 0.3 is 0 Å². The average molecular weight is 229 g/mol. The number of aliphatic hydroxyl groups is 1. The van der Waals surface area contributed by atoms with Gasteiger partial charge in [-0.15, -0.1) is 0 Å². The lowest BCUT2D eigenvalue weighted by Crippen LogP contribution is -2.44. The van der Waals surface area contributed by atoms with Crippen molar-refractivity contribution in [3.05, 3.63) is 60.2 Å². The molecule has 17 heavy (non-hydrogen) atoms. The minimum Gasteiger partial charge on any atom is -0.396 e. The molecule has 0 fully saturated rings. The molecule has 0 aliphatic heterocycles. The average Bonchev–Trinajstić information content (AvgIpc) is 2.39. The number of benzene rings is 1. The van der Waals surface area contributed by atoms with E-state index in [0.29, 0.717) is 0 Å². The molecule has 3 N–H and O–H groups in total. The lowest BCUT2D eigenvalue weighted by molar-refractivity contribution is 0.266. The molecular formula is C15H19NO. The van der Waals surface area contributed by atoms with Gasteiger partial charge < -0.3 is 10.8 Å². The summed E-state index contributed by atoms with van der Waals surface area (Å²) in [5.74, 6) is 0. The standard InChI is InChI=1S/C15H19NO/c16-14-9-4-5-10-15(14,11-6-12-17)13-7-2-1-3-8-13/h1-5,7-10,14,17H,6,11-12,16H2/t14?,15-/m0/s1. The number of rotatable bonds is 4. The van der Waals surface area contributed by atoms with Crippen molar-refractivity contribution < 1.29 is 5.11 Å². The van der Waals surface area contributed by atoms with Crippen LogP contribution in [0.1, 0.15) is 18.4 Å². The molecule has 1 aromatic rings. The van der Waals surface area contributed by atoms with Gasteiger partial charge in [0.25, 0.3) is 0 Å². The predicted molar refractivity (Wildman–Crippen MR) is 70.7 cm³/mol. The third-order valence-electron chi connectivity index (χ3n) is 3.48. The van der Waals surface area contributed by atoms with Crippen LogP contribution in [0, 0.1) is 0 Å². The molecule has 0 bridgehead atoms. The third kappa shape index (κ3) is 2.33. The third-order valence-corrected chi connectivity index (χ3v) is 3.48. The van der Waals surface area contributed by atoms with E-state index < -0.39 is 0 Å². The maximum absolute atomic E-state index is 9.06. The van der Waals surface area contributed by atoms with Crippen LogP contribution in [-0.2, 0) is 5.41 Å². The van der Waals surface area contributed by atoms with Crippen LogP contribution in [0.3, 0.4) is 0 Å². The quantitative estimate of drug-likeness (QED) is 0.831. The van der Waals surface area contributed by atoms with Crippen molar-refractivity contribution in [2.75, 3.05) is 6.61 Å². The van der Waals surface area contributed by atoms with Crippen LogP contribution in [0.15, 0.2) is 54.6 Å². The summed E-state index contributed by atoms with van der Waals surface area (Å²) >= 11 is 0. The van der Waals surface area contributed by atoms with Gasteiger partial charge in [-0.2, -0.15) is 0 Å². The number of nitrogens with two attached hydrogens (primary N) is 1. The molecule has 2 heteroatoms. The van der Waals surface area contributed by atoms with Crippen molar-refractivity contribution >= 4 is 0 Å². The zero-order chi connectivity index (χ0) is 12.1. The number of aliphatic hydroxyl groups excluding tert-OH is 1. The summed E-state index contributed by atoms with van der Waals surface area (Å²) in [4.78, 5) is 0. The molecule has 1 aliphatic carbocycles. The summed E-state index contributed by atoms with van der Waals surface area (Å²) in [7, 11) is 0. The van der Waals surface area contributed by atoms with Crippen LogP contribution in [-0.4, -0.2) is 17.8 Å². The maximum Gasteiger partial charge on any atom is 0.0431 e. The normalized spacial score (nSPS) is 27.3. The highest BCUT2D eigenvalue weighted by molar-refractivity contribution is 5.39. The first-order chi connectivity index (χ1) is 8.29. The zero-order valence-corrected chi connectivity index (χ0v) is 9.92. The fourth-order valence-electron chi connectivity index (χ4n) is 2.50. The van der Waals surface area contributed by atoms with Crippen LogP contribution in [0.2, 0.25) is 0 Å². The monoisotopic (exact) mass is 229 g/mol. The fourth-order valence-corrected chi connectivity index (χ4v) is 2.50. The van der Waals surface area contributed by atoms with Crippen molar-refractivity contribution in [3.8, 4) is 0 Å². The highest BCUT2D eigenvalue weighted by Gasteiger charge is 2.35. The van der Waals surface area contributed by atoms with Gasteiger partial charge in [-0.1, -0.05) is 54.6 Å². The van der Waals surface area contributed by atoms with Gasteiger partial charge in [0.15, 0.2) is 0 Å². The second-order valence-electron chi connectivity index (χ2n) is 4.50. The Morgan fingerprint density at radius 2 is 1.94 bits per heavy atom. The summed E-state index contributed by atoms with van der Waals surface area (Å²) < 4.78 is 0. The van der Waals surface area contributed by atoms with Crippen molar-refractivity contribution in [2.45, 2.75) is 24.3 Å². The van der Waals surface area contributed by atoms with Crippen molar-refractivity contribution in [1.82, 2.24) is 0 Å². The topological polar surface area (TPSA) is 46.2 Å². The van der Waals surface area contributed by atoms with Gasteiger partial charge in [0, 0.05) is 18.1 Å². The molecule has 2 rings (SSSR count). The van der Waals surface area contributed by atoms with E-state index >= 15 is 0 Å². The van der Waals surface area contributed by atoms with E-state index in [4.69, 9.17) is 10.8 Å².